The first-order chi connectivity index (χ1) is 9.15. The maximum absolute atomic E-state index is 12.5. The van der Waals surface area contributed by atoms with Crippen LogP contribution in [0.5, 0.6) is 5.75 Å². The summed E-state index contributed by atoms with van der Waals surface area (Å²) in [4.78, 5) is 14.1. The second-order valence-corrected chi connectivity index (χ2v) is 3.96. The van der Waals surface area contributed by atoms with Gasteiger partial charge in [0.05, 0.1) is 13.7 Å². The van der Waals surface area contributed by atoms with Crippen molar-refractivity contribution >= 4 is 11.6 Å². The van der Waals surface area contributed by atoms with Gasteiger partial charge in [0.25, 0.3) is 5.91 Å². The molecule has 0 aliphatic rings. The first kappa shape index (κ1) is 15.0. The van der Waals surface area contributed by atoms with E-state index in [1.165, 1.54) is 7.11 Å². The van der Waals surface area contributed by atoms with Crippen molar-refractivity contribution in [2.75, 3.05) is 39.6 Å². The second kappa shape index (κ2) is 7.43. The van der Waals surface area contributed by atoms with Crippen LogP contribution >= 0.6 is 0 Å². The summed E-state index contributed by atoms with van der Waals surface area (Å²) in [6.07, 6.45) is 1.67. The van der Waals surface area contributed by atoms with Gasteiger partial charge in [0.2, 0.25) is 0 Å². The minimum Gasteiger partial charge on any atom is -0.496 e. The summed E-state index contributed by atoms with van der Waals surface area (Å²) in [5, 5.41) is 0. The van der Waals surface area contributed by atoms with E-state index in [9.17, 15) is 4.79 Å². The highest BCUT2D eigenvalue weighted by Crippen LogP contribution is 2.25. The smallest absolute Gasteiger partial charge is 0.260 e. The normalized spacial score (nSPS) is 10.0. The van der Waals surface area contributed by atoms with Crippen molar-refractivity contribution in [1.82, 2.24) is 4.90 Å². The zero-order valence-corrected chi connectivity index (χ0v) is 11.4. The molecule has 0 aromatic heterocycles. The van der Waals surface area contributed by atoms with E-state index >= 15 is 0 Å². The van der Waals surface area contributed by atoms with E-state index in [1.807, 2.05) is 0 Å². The Morgan fingerprint density at radius 2 is 2.21 bits per heavy atom. The van der Waals surface area contributed by atoms with E-state index in [1.54, 1.807) is 36.3 Å². The molecule has 0 heterocycles. The van der Waals surface area contributed by atoms with E-state index in [4.69, 9.17) is 15.2 Å². The Labute approximate surface area is 113 Å². The van der Waals surface area contributed by atoms with Crippen LogP contribution in [-0.4, -0.2) is 44.7 Å². The molecule has 1 amide bonds. The molecule has 0 aliphatic heterocycles. The number of carbonyl (C=O) groups excluding carboxylic acids is 1. The first-order valence-corrected chi connectivity index (χ1v) is 5.97. The van der Waals surface area contributed by atoms with Crippen LogP contribution in [0.25, 0.3) is 0 Å². The van der Waals surface area contributed by atoms with E-state index in [-0.39, 0.29) is 5.91 Å². The fraction of sp³-hybridized carbons (Fsp3) is 0.357. The van der Waals surface area contributed by atoms with Crippen molar-refractivity contribution in [3.63, 3.8) is 0 Å². The Bertz CT molecular complexity index is 446. The predicted octanol–water partition coefficient (Wildman–Crippen LogP) is 1.55. The molecule has 5 heteroatoms. The molecule has 0 saturated carbocycles. The average Bonchev–Trinajstić information content (AvgIpc) is 2.42. The van der Waals surface area contributed by atoms with Gasteiger partial charge in [0.15, 0.2) is 0 Å². The summed E-state index contributed by atoms with van der Waals surface area (Å²) in [6, 6.07) is 5.14. The molecule has 0 atom stereocenters. The number of rotatable bonds is 7. The molecule has 2 N–H and O–H groups in total. The molecule has 104 valence electrons. The van der Waals surface area contributed by atoms with Gasteiger partial charge in [-0.3, -0.25) is 4.79 Å². The lowest BCUT2D eigenvalue weighted by Gasteiger charge is -2.22. The third-order valence-electron chi connectivity index (χ3n) is 2.69. The zero-order chi connectivity index (χ0) is 14.3. The molecule has 0 saturated heterocycles. The number of ether oxygens (including phenoxy) is 2. The van der Waals surface area contributed by atoms with Gasteiger partial charge in [-0.05, 0) is 12.1 Å². The quantitative estimate of drug-likeness (QED) is 0.599. The van der Waals surface area contributed by atoms with Crippen LogP contribution in [0.15, 0.2) is 30.9 Å². The SMILES string of the molecule is C=CCN(CCOC)C(=O)c1c(N)cccc1OC. The van der Waals surface area contributed by atoms with Crippen LogP contribution in [0.1, 0.15) is 10.4 Å². The highest BCUT2D eigenvalue weighted by atomic mass is 16.5. The van der Waals surface area contributed by atoms with Gasteiger partial charge in [-0.1, -0.05) is 12.1 Å². The van der Waals surface area contributed by atoms with Gasteiger partial charge in [0.1, 0.15) is 11.3 Å². The van der Waals surface area contributed by atoms with E-state index < -0.39 is 0 Å². The van der Waals surface area contributed by atoms with Crippen LogP contribution in [0, 0.1) is 0 Å². The fourth-order valence-corrected chi connectivity index (χ4v) is 1.74. The third kappa shape index (κ3) is 3.72. The fourth-order valence-electron chi connectivity index (χ4n) is 1.74. The molecular formula is C14H20N2O3. The lowest BCUT2D eigenvalue weighted by molar-refractivity contribution is 0.0716. The summed E-state index contributed by atoms with van der Waals surface area (Å²) in [6.45, 7) is 5.01. The Hall–Kier alpha value is -2.01. The number of anilines is 1. The topological polar surface area (TPSA) is 64.8 Å². The minimum absolute atomic E-state index is 0.188. The number of nitrogens with zero attached hydrogens (tertiary/aromatic N) is 1. The number of hydrogen-bond donors (Lipinski definition) is 1. The molecule has 1 rings (SSSR count). The van der Waals surface area contributed by atoms with E-state index in [0.29, 0.717) is 36.7 Å². The van der Waals surface area contributed by atoms with E-state index in [2.05, 4.69) is 6.58 Å². The predicted molar refractivity (Wildman–Crippen MR) is 75.4 cm³/mol. The van der Waals surface area contributed by atoms with Gasteiger partial charge >= 0.3 is 0 Å². The van der Waals surface area contributed by atoms with Crippen LogP contribution in [0.4, 0.5) is 5.69 Å². The van der Waals surface area contributed by atoms with Crippen molar-refractivity contribution in [2.24, 2.45) is 0 Å². The van der Waals surface area contributed by atoms with Gasteiger partial charge in [-0.25, -0.2) is 0 Å². The van der Waals surface area contributed by atoms with Crippen molar-refractivity contribution in [1.29, 1.82) is 0 Å². The largest absolute Gasteiger partial charge is 0.496 e. The second-order valence-electron chi connectivity index (χ2n) is 3.96. The van der Waals surface area contributed by atoms with Crippen LogP contribution in [0.2, 0.25) is 0 Å². The Morgan fingerprint density at radius 3 is 2.79 bits per heavy atom. The monoisotopic (exact) mass is 264 g/mol. The number of nitrogen functional groups attached to an aromatic ring is 1. The van der Waals surface area contributed by atoms with Gasteiger partial charge in [-0.2, -0.15) is 0 Å². The third-order valence-corrected chi connectivity index (χ3v) is 2.69. The molecule has 0 spiro atoms. The number of methoxy groups -OCH3 is 2. The molecular weight excluding hydrogens is 244 g/mol. The van der Waals surface area contributed by atoms with Crippen LogP contribution in [-0.2, 0) is 4.74 Å². The Morgan fingerprint density at radius 1 is 1.47 bits per heavy atom. The molecule has 5 nitrogen and oxygen atoms in total. The van der Waals surface area contributed by atoms with Crippen molar-refractivity contribution < 1.29 is 14.3 Å². The summed E-state index contributed by atoms with van der Waals surface area (Å²) in [5.41, 5.74) is 6.65. The van der Waals surface area contributed by atoms with Crippen molar-refractivity contribution in [2.45, 2.75) is 0 Å². The molecule has 0 aliphatic carbocycles. The molecule has 0 radical (unpaired) electrons. The number of carbonyl (C=O) groups is 1. The number of benzene rings is 1. The molecule has 0 bridgehead atoms. The van der Waals surface area contributed by atoms with Crippen LogP contribution < -0.4 is 10.5 Å². The van der Waals surface area contributed by atoms with E-state index in [0.717, 1.165) is 0 Å². The molecule has 1 aromatic rings. The maximum atomic E-state index is 12.5. The maximum Gasteiger partial charge on any atom is 0.260 e. The highest BCUT2D eigenvalue weighted by Gasteiger charge is 2.21. The number of nitrogens with two attached hydrogens (primary N) is 1. The number of amides is 1. The molecule has 19 heavy (non-hydrogen) atoms. The Balaban J connectivity index is 3.04. The molecule has 0 fully saturated rings. The standard InChI is InChI=1S/C14H20N2O3/c1-4-8-16(9-10-18-2)14(17)13-11(15)6-5-7-12(13)19-3/h4-7H,1,8-10,15H2,2-3H3. The van der Waals surface area contributed by atoms with Crippen molar-refractivity contribution in [3.8, 4) is 5.75 Å². The van der Waals surface area contributed by atoms with Gasteiger partial charge in [-0.15, -0.1) is 6.58 Å². The molecule has 0 unspecified atom stereocenters. The Kier molecular flexibility index (Phi) is 5.89. The minimum atomic E-state index is -0.188. The first-order valence-electron chi connectivity index (χ1n) is 5.97. The average molecular weight is 264 g/mol. The van der Waals surface area contributed by atoms with Gasteiger partial charge in [0, 0.05) is 25.9 Å². The number of hydrogen-bond acceptors (Lipinski definition) is 4. The van der Waals surface area contributed by atoms with Gasteiger partial charge < -0.3 is 20.1 Å². The van der Waals surface area contributed by atoms with Crippen molar-refractivity contribution in [3.05, 3.63) is 36.4 Å². The molecule has 1 aromatic carbocycles. The summed E-state index contributed by atoms with van der Waals surface area (Å²) < 4.78 is 10.2. The summed E-state index contributed by atoms with van der Waals surface area (Å²) >= 11 is 0. The van der Waals surface area contributed by atoms with Crippen LogP contribution in [0.3, 0.4) is 0 Å². The highest BCUT2D eigenvalue weighted by molar-refractivity contribution is 6.02. The lowest BCUT2D eigenvalue weighted by atomic mass is 10.1. The lowest BCUT2D eigenvalue weighted by Crippen LogP contribution is -2.34. The zero-order valence-electron chi connectivity index (χ0n) is 11.4. The summed E-state index contributed by atoms with van der Waals surface area (Å²) in [5.74, 6) is 0.281. The summed E-state index contributed by atoms with van der Waals surface area (Å²) in [7, 11) is 3.10.